The van der Waals surface area contributed by atoms with Gasteiger partial charge in [-0.05, 0) is 48.6 Å². The second-order valence-corrected chi connectivity index (χ2v) is 7.95. The Bertz CT molecular complexity index is 773. The molecule has 0 aromatic heterocycles. The minimum absolute atomic E-state index is 0.0453. The SMILES string of the molecule is O=C(NCC(C(=O)O)C1CCOCC1)c1ccc(CSc2ccccc2)cc1. The van der Waals surface area contributed by atoms with E-state index in [1.165, 1.54) is 4.90 Å². The quantitative estimate of drug-likeness (QED) is 0.660. The van der Waals surface area contributed by atoms with Gasteiger partial charge in [0, 0.05) is 36.0 Å². The molecule has 1 aliphatic heterocycles. The molecule has 1 fully saturated rings. The van der Waals surface area contributed by atoms with E-state index >= 15 is 0 Å². The number of hydrogen-bond donors (Lipinski definition) is 2. The highest BCUT2D eigenvalue weighted by atomic mass is 32.2. The molecule has 2 aromatic rings. The molecule has 2 aromatic carbocycles. The van der Waals surface area contributed by atoms with Gasteiger partial charge in [0.2, 0.25) is 0 Å². The van der Waals surface area contributed by atoms with Gasteiger partial charge in [-0.2, -0.15) is 0 Å². The summed E-state index contributed by atoms with van der Waals surface area (Å²) >= 11 is 1.74. The van der Waals surface area contributed by atoms with E-state index in [0.717, 1.165) is 24.2 Å². The molecule has 1 aliphatic rings. The lowest BCUT2D eigenvalue weighted by Gasteiger charge is -2.27. The van der Waals surface area contributed by atoms with Crippen molar-refractivity contribution in [1.82, 2.24) is 5.32 Å². The first-order valence-electron chi connectivity index (χ1n) is 9.49. The Morgan fingerprint density at radius 2 is 1.75 bits per heavy atom. The molecule has 0 radical (unpaired) electrons. The Morgan fingerprint density at radius 1 is 1.07 bits per heavy atom. The van der Waals surface area contributed by atoms with Crippen LogP contribution in [-0.4, -0.2) is 36.7 Å². The van der Waals surface area contributed by atoms with Gasteiger partial charge < -0.3 is 15.2 Å². The molecule has 3 rings (SSSR count). The standard InChI is InChI=1S/C22H25NO4S/c24-21(23-14-20(22(25)26)17-10-12-27-13-11-17)18-8-6-16(7-9-18)15-28-19-4-2-1-3-5-19/h1-9,17,20H,10-15H2,(H,23,24)(H,25,26). The summed E-state index contributed by atoms with van der Waals surface area (Å²) in [5, 5.41) is 12.3. The summed E-state index contributed by atoms with van der Waals surface area (Å²) in [4.78, 5) is 25.2. The van der Waals surface area contributed by atoms with Gasteiger partial charge in [0.25, 0.3) is 5.91 Å². The van der Waals surface area contributed by atoms with E-state index in [0.29, 0.717) is 18.8 Å². The molecule has 1 atom stereocenters. The van der Waals surface area contributed by atoms with Crippen molar-refractivity contribution >= 4 is 23.6 Å². The Morgan fingerprint density at radius 3 is 2.39 bits per heavy atom. The van der Waals surface area contributed by atoms with Crippen molar-refractivity contribution in [2.45, 2.75) is 23.5 Å². The van der Waals surface area contributed by atoms with Crippen LogP contribution in [0.2, 0.25) is 0 Å². The minimum Gasteiger partial charge on any atom is -0.481 e. The summed E-state index contributed by atoms with van der Waals surface area (Å²) < 4.78 is 5.30. The zero-order valence-corrected chi connectivity index (χ0v) is 16.5. The lowest BCUT2D eigenvalue weighted by Crippen LogP contribution is -2.39. The minimum atomic E-state index is -0.861. The molecular formula is C22H25NO4S. The van der Waals surface area contributed by atoms with Crippen molar-refractivity contribution in [2.24, 2.45) is 11.8 Å². The summed E-state index contributed by atoms with van der Waals surface area (Å²) in [7, 11) is 0. The van der Waals surface area contributed by atoms with E-state index in [1.807, 2.05) is 30.3 Å². The third kappa shape index (κ3) is 5.84. The fourth-order valence-electron chi connectivity index (χ4n) is 3.31. The van der Waals surface area contributed by atoms with Crippen LogP contribution in [0.4, 0.5) is 0 Å². The van der Waals surface area contributed by atoms with Gasteiger partial charge in [0.15, 0.2) is 0 Å². The number of carbonyl (C=O) groups is 2. The second kappa shape index (κ2) is 10.3. The summed E-state index contributed by atoms with van der Waals surface area (Å²) in [5.41, 5.74) is 1.68. The van der Waals surface area contributed by atoms with Crippen LogP contribution in [0.3, 0.4) is 0 Å². The predicted molar refractivity (Wildman–Crippen MR) is 109 cm³/mol. The zero-order chi connectivity index (χ0) is 19.8. The zero-order valence-electron chi connectivity index (χ0n) is 15.7. The third-order valence-electron chi connectivity index (χ3n) is 5.00. The van der Waals surface area contributed by atoms with Crippen LogP contribution in [0.15, 0.2) is 59.5 Å². The Balaban J connectivity index is 1.51. The lowest BCUT2D eigenvalue weighted by atomic mass is 9.86. The Kier molecular flexibility index (Phi) is 7.51. The molecule has 6 heteroatoms. The van der Waals surface area contributed by atoms with Gasteiger partial charge in [-0.1, -0.05) is 30.3 Å². The number of ether oxygens (including phenoxy) is 1. The summed E-state index contributed by atoms with van der Waals surface area (Å²) in [5.74, 6) is -0.795. The number of amides is 1. The largest absolute Gasteiger partial charge is 0.481 e. The van der Waals surface area contributed by atoms with Crippen LogP contribution in [0.5, 0.6) is 0 Å². The van der Waals surface area contributed by atoms with E-state index in [9.17, 15) is 14.7 Å². The van der Waals surface area contributed by atoms with Crippen LogP contribution < -0.4 is 5.32 Å². The smallest absolute Gasteiger partial charge is 0.308 e. The number of benzene rings is 2. The molecule has 2 N–H and O–H groups in total. The fourth-order valence-corrected chi connectivity index (χ4v) is 4.19. The normalized spacial score (nSPS) is 15.7. The van der Waals surface area contributed by atoms with Gasteiger partial charge in [-0.25, -0.2) is 0 Å². The maximum atomic E-state index is 12.4. The molecule has 1 saturated heterocycles. The molecule has 148 valence electrons. The molecular weight excluding hydrogens is 374 g/mol. The van der Waals surface area contributed by atoms with Crippen molar-refractivity contribution in [3.63, 3.8) is 0 Å². The van der Waals surface area contributed by atoms with E-state index in [4.69, 9.17) is 4.74 Å². The number of carboxylic acids is 1. The van der Waals surface area contributed by atoms with Crippen LogP contribution in [0.25, 0.3) is 0 Å². The fraction of sp³-hybridized carbons (Fsp3) is 0.364. The number of rotatable bonds is 8. The summed E-state index contributed by atoms with van der Waals surface area (Å²) in [6.45, 7) is 1.32. The topological polar surface area (TPSA) is 75.6 Å². The molecule has 0 aliphatic carbocycles. The number of carbonyl (C=O) groups excluding carboxylic acids is 1. The first-order valence-corrected chi connectivity index (χ1v) is 10.5. The highest BCUT2D eigenvalue weighted by Crippen LogP contribution is 2.24. The third-order valence-corrected chi connectivity index (χ3v) is 6.08. The number of carboxylic acid groups (broad SMARTS) is 1. The average molecular weight is 400 g/mol. The molecule has 28 heavy (non-hydrogen) atoms. The van der Waals surface area contributed by atoms with Crippen LogP contribution in [0, 0.1) is 11.8 Å². The highest BCUT2D eigenvalue weighted by Gasteiger charge is 2.30. The Hall–Kier alpha value is -2.31. The van der Waals surface area contributed by atoms with Gasteiger partial charge in [-0.15, -0.1) is 11.8 Å². The lowest BCUT2D eigenvalue weighted by molar-refractivity contribution is -0.144. The summed E-state index contributed by atoms with van der Waals surface area (Å²) in [6.07, 6.45) is 1.45. The molecule has 1 unspecified atom stereocenters. The van der Waals surface area contributed by atoms with Gasteiger partial charge in [0.05, 0.1) is 5.92 Å². The van der Waals surface area contributed by atoms with Gasteiger partial charge >= 0.3 is 5.97 Å². The number of aliphatic carboxylic acids is 1. The Labute approximate surface area is 169 Å². The predicted octanol–water partition coefficient (Wildman–Crippen LogP) is 3.84. The van der Waals surface area contributed by atoms with E-state index in [1.54, 1.807) is 23.9 Å². The number of nitrogens with one attached hydrogen (secondary N) is 1. The monoisotopic (exact) mass is 399 g/mol. The van der Waals surface area contributed by atoms with Crippen molar-refractivity contribution < 1.29 is 19.4 Å². The van der Waals surface area contributed by atoms with E-state index in [-0.39, 0.29) is 18.4 Å². The van der Waals surface area contributed by atoms with Crippen molar-refractivity contribution in [3.8, 4) is 0 Å². The molecule has 0 bridgehead atoms. The van der Waals surface area contributed by atoms with E-state index < -0.39 is 11.9 Å². The average Bonchev–Trinajstić information content (AvgIpc) is 2.74. The van der Waals surface area contributed by atoms with Crippen molar-refractivity contribution in [3.05, 3.63) is 65.7 Å². The van der Waals surface area contributed by atoms with Crippen molar-refractivity contribution in [1.29, 1.82) is 0 Å². The second-order valence-electron chi connectivity index (χ2n) is 6.90. The molecule has 5 nitrogen and oxygen atoms in total. The first-order chi connectivity index (χ1) is 13.6. The molecule has 1 heterocycles. The molecule has 0 spiro atoms. The first kappa shape index (κ1) is 20.4. The van der Waals surface area contributed by atoms with Crippen molar-refractivity contribution in [2.75, 3.05) is 19.8 Å². The molecule has 1 amide bonds. The van der Waals surface area contributed by atoms with E-state index in [2.05, 4.69) is 17.4 Å². The number of thioether (sulfide) groups is 1. The molecule has 0 saturated carbocycles. The van der Waals surface area contributed by atoms with Gasteiger partial charge in [-0.3, -0.25) is 9.59 Å². The maximum absolute atomic E-state index is 12.4. The summed E-state index contributed by atoms with van der Waals surface area (Å²) in [6, 6.07) is 17.6. The van der Waals surface area contributed by atoms with Crippen LogP contribution in [0.1, 0.15) is 28.8 Å². The van der Waals surface area contributed by atoms with Crippen LogP contribution >= 0.6 is 11.8 Å². The van der Waals surface area contributed by atoms with Gasteiger partial charge in [0.1, 0.15) is 0 Å². The maximum Gasteiger partial charge on any atom is 0.308 e. The number of hydrogen-bond acceptors (Lipinski definition) is 4. The van der Waals surface area contributed by atoms with Crippen LogP contribution in [-0.2, 0) is 15.3 Å². The highest BCUT2D eigenvalue weighted by molar-refractivity contribution is 7.98.